The molecule has 1 fully saturated rings. The molecule has 2 aromatic rings. The van der Waals surface area contributed by atoms with Gasteiger partial charge in [0.25, 0.3) is 5.91 Å². The Morgan fingerprint density at radius 2 is 1.91 bits per heavy atom. The van der Waals surface area contributed by atoms with Gasteiger partial charge in [-0.2, -0.15) is 0 Å². The van der Waals surface area contributed by atoms with Crippen molar-refractivity contribution in [3.8, 4) is 5.75 Å². The minimum absolute atomic E-state index is 0.141. The van der Waals surface area contributed by atoms with E-state index in [1.54, 1.807) is 25.3 Å². The van der Waals surface area contributed by atoms with Crippen LogP contribution in [0.4, 0.5) is 5.69 Å². The van der Waals surface area contributed by atoms with Crippen LogP contribution in [-0.4, -0.2) is 58.1 Å². The number of fused-ring (bicyclic) bond motifs is 3. The molecule has 3 aliphatic rings. The van der Waals surface area contributed by atoms with Crippen LogP contribution in [0.3, 0.4) is 0 Å². The number of carbonyl (C=O) groups excluding carboxylic acids is 1. The fourth-order valence-electron chi connectivity index (χ4n) is 7.38. The minimum atomic E-state index is -3.98. The van der Waals surface area contributed by atoms with Crippen molar-refractivity contribution in [3.63, 3.8) is 0 Å². The number of halogens is 1. The molecule has 0 spiro atoms. The number of hydrogen-bond donors (Lipinski definition) is 2. The number of aliphatic hydroxyl groups is 1. The molecule has 1 amide bonds. The average molecular weight is 647 g/mol. The standard InChI is InChI=1S/C34H47ClN2O6S/c1-23-6-5-8-27(21-38)30-13-10-26(30)20-37-16-4-3-7-24-18-29(35)12-9-28(24)22-43-32-14-11-25(19-31(32)37)34(39)36-44(40,41)33(23)15-17-42-2/h9,11-12,14,18-19,23,26-27,30,33,38H,3-8,10,13,15-17,20-22H2,1-2H3,(H,36,39)/t23-,26-,27-,30+,33?/m0/s1. The fourth-order valence-corrected chi connectivity index (χ4v) is 9.25. The van der Waals surface area contributed by atoms with Gasteiger partial charge < -0.3 is 19.5 Å². The molecule has 0 saturated heterocycles. The first kappa shape index (κ1) is 33.0. The van der Waals surface area contributed by atoms with Gasteiger partial charge in [-0.05, 0) is 116 Å². The van der Waals surface area contributed by atoms with Gasteiger partial charge in [0.1, 0.15) is 12.4 Å². The second kappa shape index (κ2) is 14.8. The molecule has 1 aliphatic carbocycles. The summed E-state index contributed by atoms with van der Waals surface area (Å²) in [5.74, 6) is 0.886. The zero-order valence-corrected chi connectivity index (χ0v) is 27.5. The topological polar surface area (TPSA) is 105 Å². The van der Waals surface area contributed by atoms with E-state index in [4.69, 9.17) is 21.1 Å². The number of methoxy groups -OCH3 is 1. The van der Waals surface area contributed by atoms with Crippen LogP contribution in [0.5, 0.6) is 5.75 Å². The Labute approximate surface area is 267 Å². The lowest BCUT2D eigenvalue weighted by Crippen LogP contribution is -2.43. The molecule has 2 heterocycles. The molecular weight excluding hydrogens is 600 g/mol. The summed E-state index contributed by atoms with van der Waals surface area (Å²) in [7, 11) is -2.43. The van der Waals surface area contributed by atoms with Gasteiger partial charge in [-0.25, -0.2) is 13.1 Å². The molecule has 2 aliphatic heterocycles. The normalized spacial score (nSPS) is 27.9. The molecular formula is C34H47ClN2O6S. The van der Waals surface area contributed by atoms with E-state index in [1.165, 1.54) is 5.56 Å². The maximum absolute atomic E-state index is 13.6. The van der Waals surface area contributed by atoms with Crippen LogP contribution in [0.1, 0.15) is 79.8 Å². The minimum Gasteiger partial charge on any atom is -0.487 e. The number of sulfonamides is 1. The highest BCUT2D eigenvalue weighted by Gasteiger charge is 2.39. The highest BCUT2D eigenvalue weighted by molar-refractivity contribution is 7.90. The molecule has 0 radical (unpaired) electrons. The van der Waals surface area contributed by atoms with Crippen LogP contribution in [-0.2, 0) is 27.8 Å². The quantitative estimate of drug-likeness (QED) is 0.421. The Balaban J connectivity index is 1.53. The zero-order chi connectivity index (χ0) is 31.3. The summed E-state index contributed by atoms with van der Waals surface area (Å²) in [6, 6.07) is 11.1. The number of hydrogen-bond acceptors (Lipinski definition) is 7. The number of aliphatic hydroxyl groups excluding tert-OH is 1. The van der Waals surface area contributed by atoms with E-state index >= 15 is 0 Å². The molecule has 2 N–H and O–H groups in total. The highest BCUT2D eigenvalue weighted by atomic mass is 35.5. The van der Waals surface area contributed by atoms with Crippen LogP contribution in [0, 0.1) is 23.7 Å². The summed E-state index contributed by atoms with van der Waals surface area (Å²) < 4.78 is 41.3. The number of aryl methyl sites for hydroxylation is 1. The van der Waals surface area contributed by atoms with Gasteiger partial charge in [0.05, 0.1) is 10.9 Å². The fraction of sp³-hybridized carbons (Fsp3) is 0.618. The van der Waals surface area contributed by atoms with Crippen LogP contribution in [0.2, 0.25) is 5.02 Å². The van der Waals surface area contributed by atoms with Gasteiger partial charge in [0.15, 0.2) is 0 Å². The lowest BCUT2D eigenvalue weighted by atomic mass is 9.65. The summed E-state index contributed by atoms with van der Waals surface area (Å²) in [6.07, 6.45) is 7.69. The molecule has 5 rings (SSSR count). The number of rotatable bonds is 4. The Morgan fingerprint density at radius 1 is 1.07 bits per heavy atom. The number of ether oxygens (including phenoxy) is 2. The molecule has 0 aromatic heterocycles. The Hall–Kier alpha value is -2.33. The van der Waals surface area contributed by atoms with E-state index in [9.17, 15) is 18.3 Å². The van der Waals surface area contributed by atoms with E-state index < -0.39 is 21.2 Å². The second-order valence-corrected chi connectivity index (χ2v) is 15.3. The van der Waals surface area contributed by atoms with E-state index in [0.29, 0.717) is 42.1 Å². The van der Waals surface area contributed by atoms with Gasteiger partial charge in [-0.3, -0.25) is 4.79 Å². The molecule has 1 unspecified atom stereocenters. The number of nitrogens with one attached hydrogen (secondary N) is 1. The smallest absolute Gasteiger partial charge is 0.264 e. The van der Waals surface area contributed by atoms with Crippen molar-refractivity contribution in [2.24, 2.45) is 23.7 Å². The second-order valence-electron chi connectivity index (χ2n) is 12.9. The number of benzene rings is 2. The van der Waals surface area contributed by atoms with Crippen LogP contribution in [0.15, 0.2) is 36.4 Å². The summed E-state index contributed by atoms with van der Waals surface area (Å²) >= 11 is 6.33. The Kier molecular flexibility index (Phi) is 11.1. The Bertz CT molecular complexity index is 1400. The molecule has 5 atom stereocenters. The van der Waals surface area contributed by atoms with Crippen LogP contribution >= 0.6 is 11.6 Å². The maximum Gasteiger partial charge on any atom is 0.264 e. The maximum atomic E-state index is 13.6. The predicted octanol–water partition coefficient (Wildman–Crippen LogP) is 5.98. The number of anilines is 1. The third-order valence-electron chi connectivity index (χ3n) is 10.1. The molecule has 2 aromatic carbocycles. The van der Waals surface area contributed by atoms with Crippen LogP contribution < -0.4 is 14.4 Å². The number of nitrogens with zero attached hydrogens (tertiary/aromatic N) is 1. The van der Waals surface area contributed by atoms with Gasteiger partial charge in [0.2, 0.25) is 10.0 Å². The molecule has 2 bridgehead atoms. The van der Waals surface area contributed by atoms with Crippen molar-refractivity contribution in [1.82, 2.24) is 4.72 Å². The lowest BCUT2D eigenvalue weighted by Gasteiger charge is -2.44. The van der Waals surface area contributed by atoms with Crippen molar-refractivity contribution < 1.29 is 27.8 Å². The third-order valence-corrected chi connectivity index (χ3v) is 12.3. The van der Waals surface area contributed by atoms with Crippen molar-refractivity contribution in [1.29, 1.82) is 0 Å². The van der Waals surface area contributed by atoms with Gasteiger partial charge >= 0.3 is 0 Å². The first-order chi connectivity index (χ1) is 21.2. The SMILES string of the molecule is COCCC1[C@@H](C)CCC[C@@H](CO)[C@@H]2CC[C@H]2CN2CCCCc3cc(Cl)ccc3COc3ccc(cc32)C(=O)NS1(=O)=O. The van der Waals surface area contributed by atoms with E-state index in [1.807, 2.05) is 25.1 Å². The van der Waals surface area contributed by atoms with Crippen molar-refractivity contribution in [2.75, 3.05) is 38.3 Å². The molecule has 44 heavy (non-hydrogen) atoms. The summed E-state index contributed by atoms with van der Waals surface area (Å²) in [5.41, 5.74) is 3.35. The summed E-state index contributed by atoms with van der Waals surface area (Å²) in [5, 5.41) is 10.4. The monoisotopic (exact) mass is 646 g/mol. The average Bonchev–Trinajstić information content (AvgIpc) is 3.01. The number of carbonyl (C=O) groups is 1. The van der Waals surface area contributed by atoms with E-state index in [0.717, 1.165) is 69.3 Å². The van der Waals surface area contributed by atoms with Gasteiger partial charge in [-0.15, -0.1) is 0 Å². The summed E-state index contributed by atoms with van der Waals surface area (Å²) in [4.78, 5) is 15.9. The Morgan fingerprint density at radius 3 is 2.66 bits per heavy atom. The third kappa shape index (κ3) is 7.72. The molecule has 242 valence electrons. The van der Waals surface area contributed by atoms with Crippen molar-refractivity contribution in [3.05, 3.63) is 58.1 Å². The first-order valence-corrected chi connectivity index (χ1v) is 18.1. The summed E-state index contributed by atoms with van der Waals surface area (Å²) in [6.45, 7) is 4.31. The molecule has 1 saturated carbocycles. The number of amides is 1. The van der Waals surface area contributed by atoms with Gasteiger partial charge in [-0.1, -0.05) is 31.0 Å². The highest BCUT2D eigenvalue weighted by Crippen LogP contribution is 2.44. The van der Waals surface area contributed by atoms with Crippen molar-refractivity contribution >= 4 is 33.2 Å². The first-order valence-electron chi connectivity index (χ1n) is 16.1. The van der Waals surface area contributed by atoms with Gasteiger partial charge in [0, 0.05) is 44.0 Å². The predicted molar refractivity (Wildman–Crippen MR) is 174 cm³/mol. The zero-order valence-electron chi connectivity index (χ0n) is 26.0. The lowest BCUT2D eigenvalue weighted by molar-refractivity contribution is 0.0574. The van der Waals surface area contributed by atoms with Crippen LogP contribution in [0.25, 0.3) is 0 Å². The van der Waals surface area contributed by atoms with Crippen molar-refractivity contribution in [2.45, 2.75) is 76.6 Å². The largest absolute Gasteiger partial charge is 0.487 e. The van der Waals surface area contributed by atoms with E-state index in [2.05, 4.69) is 9.62 Å². The van der Waals surface area contributed by atoms with E-state index in [-0.39, 0.29) is 30.6 Å². The molecule has 10 heteroatoms. The molecule has 8 nitrogen and oxygen atoms in total.